The normalized spacial score (nSPS) is 30.8. The Morgan fingerprint density at radius 3 is 2.92 bits per heavy atom. The van der Waals surface area contributed by atoms with E-state index in [1.165, 1.54) is 0 Å². The number of rotatable bonds is 2. The lowest BCUT2D eigenvalue weighted by atomic mass is 9.86. The van der Waals surface area contributed by atoms with Gasteiger partial charge in [0.05, 0.1) is 0 Å². The molecule has 0 aromatic carbocycles. The molecule has 3 unspecified atom stereocenters. The molecule has 4 heteroatoms. The van der Waals surface area contributed by atoms with Crippen LogP contribution < -0.4 is 10.8 Å². The lowest BCUT2D eigenvalue weighted by Crippen LogP contribution is -2.35. The van der Waals surface area contributed by atoms with Crippen molar-refractivity contribution in [2.24, 2.45) is 11.7 Å². The number of hydrogen-bond acceptors (Lipinski definition) is 2. The number of amides is 1. The van der Waals surface area contributed by atoms with Crippen molar-refractivity contribution in [3.63, 3.8) is 0 Å². The van der Waals surface area contributed by atoms with E-state index in [-0.39, 0.29) is 17.9 Å². The van der Waals surface area contributed by atoms with Crippen molar-refractivity contribution in [1.82, 2.24) is 5.09 Å². The first-order valence-corrected chi connectivity index (χ1v) is 5.96. The Balaban J connectivity index is 2.35. The van der Waals surface area contributed by atoms with Crippen LogP contribution in [0.25, 0.3) is 0 Å². The maximum Gasteiger partial charge on any atom is 0.226 e. The van der Waals surface area contributed by atoms with Crippen LogP contribution in [0, 0.1) is 5.92 Å². The second-order valence-electron chi connectivity index (χ2n) is 3.36. The van der Waals surface area contributed by atoms with Gasteiger partial charge >= 0.3 is 0 Å². The second-order valence-corrected chi connectivity index (χ2v) is 4.11. The van der Waals surface area contributed by atoms with Crippen molar-refractivity contribution in [2.45, 2.75) is 31.7 Å². The maximum absolute atomic E-state index is 11.4. The van der Waals surface area contributed by atoms with Crippen LogP contribution in [0.3, 0.4) is 0 Å². The van der Waals surface area contributed by atoms with Crippen molar-refractivity contribution in [1.29, 1.82) is 0 Å². The van der Waals surface area contributed by atoms with Gasteiger partial charge in [-0.05, 0) is 34.7 Å². The topological polar surface area (TPSA) is 55.1 Å². The smallest absolute Gasteiger partial charge is 0.226 e. The predicted octanol–water partition coefficient (Wildman–Crippen LogP) is 0.843. The van der Waals surface area contributed by atoms with Crippen LogP contribution in [0.4, 0.5) is 0 Å². The van der Waals surface area contributed by atoms with Crippen molar-refractivity contribution < 1.29 is 4.79 Å². The summed E-state index contributed by atoms with van der Waals surface area (Å²) in [5, 5.41) is 2.87. The zero-order valence-electron chi connectivity index (χ0n) is 7.47. The molecule has 3 N–H and O–H groups in total. The largest absolute Gasteiger partial charge is 0.338 e. The molecular weight excluding hydrogens is 171 g/mol. The Kier molecular flexibility index (Phi) is 3.96. The Morgan fingerprint density at radius 1 is 1.58 bits per heavy atom. The summed E-state index contributed by atoms with van der Waals surface area (Å²) in [5.74, 6) is 0.382. The summed E-state index contributed by atoms with van der Waals surface area (Å²) < 4.78 is 0. The van der Waals surface area contributed by atoms with Gasteiger partial charge in [0.15, 0.2) is 0 Å². The molecule has 0 aromatic heterocycles. The van der Waals surface area contributed by atoms with Crippen LogP contribution in [0.2, 0.25) is 0 Å². The molecule has 1 fully saturated rings. The summed E-state index contributed by atoms with van der Waals surface area (Å²) >= 11 is 0. The number of hydrogen-bond donors (Lipinski definition) is 2. The highest BCUT2D eigenvalue weighted by atomic mass is 31.1. The molecule has 3 nitrogen and oxygen atoms in total. The first kappa shape index (κ1) is 9.94. The molecule has 0 spiro atoms. The number of nitrogens with two attached hydrogens (primary N) is 1. The van der Waals surface area contributed by atoms with E-state index in [4.69, 9.17) is 5.73 Å². The Bertz CT molecular complexity index is 163. The molecule has 70 valence electrons. The van der Waals surface area contributed by atoms with Crippen LogP contribution in [0.5, 0.6) is 0 Å². The van der Waals surface area contributed by atoms with Gasteiger partial charge < -0.3 is 10.8 Å². The molecule has 3 atom stereocenters. The van der Waals surface area contributed by atoms with Crippen molar-refractivity contribution in [3.05, 3.63) is 0 Å². The summed E-state index contributed by atoms with van der Waals surface area (Å²) in [6, 6.07) is 0.245. The van der Waals surface area contributed by atoms with Crippen LogP contribution >= 0.6 is 8.73 Å². The van der Waals surface area contributed by atoms with Gasteiger partial charge in [-0.15, -0.1) is 0 Å². The highest BCUT2D eigenvalue weighted by molar-refractivity contribution is 7.35. The average Bonchev–Trinajstić information content (AvgIpc) is 2.05. The van der Waals surface area contributed by atoms with E-state index in [1.807, 2.05) is 6.66 Å². The SMILES string of the molecule is CPNC(=O)C1CCCC(N)C1. The summed E-state index contributed by atoms with van der Waals surface area (Å²) in [4.78, 5) is 11.4. The standard InChI is InChI=1S/C8H17N2OP/c1-12-10-8(11)6-3-2-4-7(9)5-6/h6-7,12H,2-5,9H2,1H3,(H,10,11). The highest BCUT2D eigenvalue weighted by Gasteiger charge is 2.24. The van der Waals surface area contributed by atoms with Crippen molar-refractivity contribution >= 4 is 14.6 Å². The predicted molar refractivity (Wildman–Crippen MR) is 52.3 cm³/mol. The molecule has 1 rings (SSSR count). The van der Waals surface area contributed by atoms with Gasteiger partial charge in [0.2, 0.25) is 5.91 Å². The van der Waals surface area contributed by atoms with Gasteiger partial charge in [0, 0.05) is 12.0 Å². The van der Waals surface area contributed by atoms with Crippen molar-refractivity contribution in [3.8, 4) is 0 Å². The molecule has 1 saturated carbocycles. The lowest BCUT2D eigenvalue weighted by Gasteiger charge is -2.25. The van der Waals surface area contributed by atoms with Gasteiger partial charge in [0.25, 0.3) is 0 Å². The monoisotopic (exact) mass is 188 g/mol. The van der Waals surface area contributed by atoms with E-state index in [9.17, 15) is 4.79 Å². The van der Waals surface area contributed by atoms with Crippen LogP contribution in [-0.4, -0.2) is 18.6 Å². The van der Waals surface area contributed by atoms with E-state index in [2.05, 4.69) is 5.09 Å². The number of carbonyl (C=O) groups excluding carboxylic acids is 1. The third-order valence-corrected chi connectivity index (χ3v) is 2.83. The Labute approximate surface area is 75.3 Å². The molecule has 12 heavy (non-hydrogen) atoms. The van der Waals surface area contributed by atoms with Gasteiger partial charge in [-0.25, -0.2) is 0 Å². The van der Waals surface area contributed by atoms with E-state index in [0.717, 1.165) is 25.7 Å². The second kappa shape index (κ2) is 4.78. The molecule has 0 aromatic rings. The summed E-state index contributed by atoms with van der Waals surface area (Å²) in [7, 11) is 0.514. The number of carbonyl (C=O) groups is 1. The fourth-order valence-corrected chi connectivity index (χ4v) is 2.14. The third kappa shape index (κ3) is 2.72. The molecule has 1 aliphatic rings. The fourth-order valence-electron chi connectivity index (χ4n) is 1.69. The maximum atomic E-state index is 11.4. The first-order valence-electron chi connectivity index (χ1n) is 4.46. The van der Waals surface area contributed by atoms with Gasteiger partial charge in [-0.3, -0.25) is 4.79 Å². The minimum Gasteiger partial charge on any atom is -0.338 e. The molecule has 0 aliphatic heterocycles. The molecule has 0 saturated heterocycles. The van der Waals surface area contributed by atoms with Crippen LogP contribution in [0.1, 0.15) is 25.7 Å². The minimum atomic E-state index is 0.182. The van der Waals surface area contributed by atoms with Gasteiger partial charge in [0.1, 0.15) is 0 Å². The van der Waals surface area contributed by atoms with E-state index in [1.54, 1.807) is 0 Å². The zero-order valence-corrected chi connectivity index (χ0v) is 8.47. The van der Waals surface area contributed by atoms with Gasteiger partial charge in [-0.1, -0.05) is 6.42 Å². The molecule has 0 radical (unpaired) electrons. The molecule has 1 amide bonds. The summed E-state index contributed by atoms with van der Waals surface area (Å²) in [5.41, 5.74) is 5.78. The van der Waals surface area contributed by atoms with Gasteiger partial charge in [-0.2, -0.15) is 0 Å². The first-order chi connectivity index (χ1) is 5.74. The lowest BCUT2D eigenvalue weighted by molar-refractivity contribution is -0.124. The fraction of sp³-hybridized carbons (Fsp3) is 0.875. The minimum absolute atomic E-state index is 0.182. The highest BCUT2D eigenvalue weighted by Crippen LogP contribution is 2.23. The number of nitrogens with one attached hydrogen (secondary N) is 1. The van der Waals surface area contributed by atoms with Crippen LogP contribution in [-0.2, 0) is 4.79 Å². The molecular formula is C8H17N2OP. The summed E-state index contributed by atoms with van der Waals surface area (Å²) in [6.45, 7) is 1.97. The third-order valence-electron chi connectivity index (χ3n) is 2.33. The summed E-state index contributed by atoms with van der Waals surface area (Å²) in [6.07, 6.45) is 4.07. The average molecular weight is 188 g/mol. The zero-order chi connectivity index (χ0) is 8.97. The Hall–Kier alpha value is -0.140. The molecule has 0 heterocycles. The van der Waals surface area contributed by atoms with Crippen molar-refractivity contribution in [2.75, 3.05) is 6.66 Å². The molecule has 1 aliphatic carbocycles. The quantitative estimate of drug-likeness (QED) is 0.631. The van der Waals surface area contributed by atoms with E-state index in [0.29, 0.717) is 8.73 Å². The van der Waals surface area contributed by atoms with Crippen LogP contribution in [0.15, 0.2) is 0 Å². The molecule has 0 bridgehead atoms. The van der Waals surface area contributed by atoms with E-state index < -0.39 is 0 Å². The Morgan fingerprint density at radius 2 is 2.33 bits per heavy atom. The van der Waals surface area contributed by atoms with E-state index >= 15 is 0 Å².